The first-order valence-corrected chi connectivity index (χ1v) is 11.8. The molecule has 5 aromatic rings. The molecule has 1 heterocycles. The molecule has 0 radical (unpaired) electrons. The molecule has 178 valence electrons. The number of aromatic nitrogens is 3. The van der Waals surface area contributed by atoms with Crippen LogP contribution in [0.4, 0.5) is 5.69 Å². The van der Waals surface area contributed by atoms with E-state index in [0.29, 0.717) is 22.3 Å². The number of benzene rings is 4. The molecule has 0 bridgehead atoms. The van der Waals surface area contributed by atoms with Crippen molar-refractivity contribution in [3.8, 4) is 28.6 Å². The molecule has 0 atom stereocenters. The van der Waals surface area contributed by atoms with E-state index >= 15 is 0 Å². The average Bonchev–Trinajstić information content (AvgIpc) is 3.33. The number of ether oxygens (including phenoxy) is 1. The Morgan fingerprint density at radius 3 is 2.25 bits per heavy atom. The van der Waals surface area contributed by atoms with Crippen LogP contribution in [0.3, 0.4) is 0 Å². The third kappa shape index (κ3) is 4.99. The van der Waals surface area contributed by atoms with Crippen LogP contribution >= 0.6 is 11.6 Å². The van der Waals surface area contributed by atoms with Crippen LogP contribution in [0, 0.1) is 13.8 Å². The normalized spacial score (nSPS) is 10.8. The first-order valence-electron chi connectivity index (χ1n) is 11.4. The Kier molecular flexibility index (Phi) is 6.52. The number of rotatable bonds is 6. The van der Waals surface area contributed by atoms with Gasteiger partial charge in [-0.15, -0.1) is 5.10 Å². The summed E-state index contributed by atoms with van der Waals surface area (Å²) in [6, 6.07) is 29.9. The molecule has 0 saturated heterocycles. The van der Waals surface area contributed by atoms with E-state index < -0.39 is 5.91 Å². The number of nitrogens with zero attached hydrogens (tertiary/aromatic N) is 3. The van der Waals surface area contributed by atoms with Crippen LogP contribution in [0.15, 0.2) is 97.1 Å². The first kappa shape index (κ1) is 23.3. The monoisotopic (exact) mass is 494 g/mol. The lowest BCUT2D eigenvalue weighted by atomic mass is 10.1. The molecule has 6 nitrogen and oxygen atoms in total. The van der Waals surface area contributed by atoms with Gasteiger partial charge in [-0.2, -0.15) is 0 Å². The minimum absolute atomic E-state index is 0.0606. The van der Waals surface area contributed by atoms with Gasteiger partial charge in [-0.1, -0.05) is 41.9 Å². The number of nitrogens with one attached hydrogen (secondary N) is 1. The highest BCUT2D eigenvalue weighted by molar-refractivity contribution is 6.30. The zero-order valence-electron chi connectivity index (χ0n) is 19.8. The topological polar surface area (TPSA) is 69.0 Å². The quantitative estimate of drug-likeness (QED) is 0.270. The van der Waals surface area contributed by atoms with Gasteiger partial charge in [0.05, 0.1) is 5.69 Å². The molecule has 5 rings (SSSR count). The van der Waals surface area contributed by atoms with E-state index in [2.05, 4.69) is 15.4 Å². The van der Waals surface area contributed by atoms with Gasteiger partial charge in [0.1, 0.15) is 11.5 Å². The predicted molar refractivity (Wildman–Crippen MR) is 142 cm³/mol. The van der Waals surface area contributed by atoms with E-state index in [-0.39, 0.29) is 5.82 Å². The Morgan fingerprint density at radius 2 is 1.53 bits per heavy atom. The summed E-state index contributed by atoms with van der Waals surface area (Å²) in [5, 5.41) is 8.08. The number of hydrogen-bond acceptors (Lipinski definition) is 4. The van der Waals surface area contributed by atoms with Gasteiger partial charge in [0.15, 0.2) is 5.82 Å². The van der Waals surface area contributed by atoms with Crippen molar-refractivity contribution < 1.29 is 9.53 Å². The van der Waals surface area contributed by atoms with Crippen molar-refractivity contribution in [1.29, 1.82) is 0 Å². The molecule has 4 aromatic carbocycles. The summed E-state index contributed by atoms with van der Waals surface area (Å²) in [6.07, 6.45) is 0. The lowest BCUT2D eigenvalue weighted by Crippen LogP contribution is -2.14. The minimum atomic E-state index is -0.411. The van der Waals surface area contributed by atoms with Gasteiger partial charge in [0.25, 0.3) is 5.91 Å². The van der Waals surface area contributed by atoms with Crippen molar-refractivity contribution in [1.82, 2.24) is 14.8 Å². The zero-order valence-corrected chi connectivity index (χ0v) is 20.5. The van der Waals surface area contributed by atoms with Crippen LogP contribution in [0.1, 0.15) is 21.7 Å². The minimum Gasteiger partial charge on any atom is -0.457 e. The molecular weight excluding hydrogens is 472 g/mol. The summed E-state index contributed by atoms with van der Waals surface area (Å²) in [5.41, 5.74) is 4.44. The Labute approximate surface area is 214 Å². The van der Waals surface area contributed by atoms with E-state index in [1.54, 1.807) is 41.1 Å². The first-order chi connectivity index (χ1) is 17.5. The Balaban J connectivity index is 1.43. The number of aryl methyl sites for hydroxylation is 1. The summed E-state index contributed by atoms with van der Waals surface area (Å²) in [7, 11) is 0. The molecule has 1 amide bonds. The molecule has 0 aliphatic carbocycles. The maximum atomic E-state index is 13.1. The van der Waals surface area contributed by atoms with Crippen LogP contribution in [0.2, 0.25) is 5.02 Å². The number of halogens is 1. The molecule has 1 aromatic heterocycles. The number of carbonyl (C=O) groups is 1. The second-order valence-corrected chi connectivity index (χ2v) is 8.73. The highest BCUT2D eigenvalue weighted by atomic mass is 35.5. The fourth-order valence-electron chi connectivity index (χ4n) is 3.75. The van der Waals surface area contributed by atoms with Gasteiger partial charge in [-0.3, -0.25) is 4.79 Å². The lowest BCUT2D eigenvalue weighted by molar-refractivity contribution is 0.101. The van der Waals surface area contributed by atoms with Crippen LogP contribution in [0.5, 0.6) is 11.5 Å². The van der Waals surface area contributed by atoms with E-state index in [4.69, 9.17) is 16.3 Å². The highest BCUT2D eigenvalue weighted by Gasteiger charge is 2.20. The molecule has 7 heteroatoms. The molecule has 36 heavy (non-hydrogen) atoms. The summed E-state index contributed by atoms with van der Waals surface area (Å²) in [4.78, 5) is 17.7. The second-order valence-electron chi connectivity index (χ2n) is 8.29. The van der Waals surface area contributed by atoms with Crippen molar-refractivity contribution in [2.24, 2.45) is 0 Å². The molecular formula is C29H23ClN4O2. The van der Waals surface area contributed by atoms with Crippen molar-refractivity contribution in [3.63, 3.8) is 0 Å². The molecule has 0 saturated carbocycles. The predicted octanol–water partition coefficient (Wildman–Crippen LogP) is 7.25. The van der Waals surface area contributed by atoms with Gasteiger partial charge in [0.2, 0.25) is 5.82 Å². The van der Waals surface area contributed by atoms with E-state index in [1.807, 2.05) is 74.5 Å². The van der Waals surface area contributed by atoms with Crippen LogP contribution in [-0.4, -0.2) is 20.7 Å². The Bertz CT molecular complexity index is 1510. The molecule has 0 spiro atoms. The maximum absolute atomic E-state index is 13.1. The van der Waals surface area contributed by atoms with Gasteiger partial charge in [-0.25, -0.2) is 9.67 Å². The van der Waals surface area contributed by atoms with E-state index in [9.17, 15) is 4.79 Å². The third-order valence-electron chi connectivity index (χ3n) is 5.81. The van der Waals surface area contributed by atoms with Crippen molar-refractivity contribution in [2.75, 3.05) is 5.32 Å². The zero-order chi connectivity index (χ0) is 25.1. The fraction of sp³-hybridized carbons (Fsp3) is 0.0690. The standard InChI is InChI=1S/C29H23ClN4O2/c1-19-7-6-10-26(20(19)2)34-28(21-11-13-22(30)14-12-21)32-27(33-34)29(35)31-23-15-17-25(18-16-23)36-24-8-4-3-5-9-24/h3-18H,1-2H3,(H,31,35). The van der Waals surface area contributed by atoms with Gasteiger partial charge in [-0.05, 0) is 91.7 Å². The summed E-state index contributed by atoms with van der Waals surface area (Å²) in [6.45, 7) is 4.06. The average molecular weight is 495 g/mol. The fourth-order valence-corrected chi connectivity index (χ4v) is 3.87. The SMILES string of the molecule is Cc1cccc(-n2nc(C(=O)Nc3ccc(Oc4ccccc4)cc3)nc2-c2ccc(Cl)cc2)c1C. The number of carbonyl (C=O) groups excluding carboxylic acids is 1. The maximum Gasteiger partial charge on any atom is 0.295 e. The van der Waals surface area contributed by atoms with Crippen LogP contribution < -0.4 is 10.1 Å². The van der Waals surface area contributed by atoms with E-state index in [1.165, 1.54) is 0 Å². The molecule has 0 aliphatic heterocycles. The van der Waals surface area contributed by atoms with E-state index in [0.717, 1.165) is 28.1 Å². The van der Waals surface area contributed by atoms with Crippen LogP contribution in [-0.2, 0) is 0 Å². The summed E-state index contributed by atoms with van der Waals surface area (Å²) < 4.78 is 7.52. The highest BCUT2D eigenvalue weighted by Crippen LogP contribution is 2.27. The van der Waals surface area contributed by atoms with Gasteiger partial charge >= 0.3 is 0 Å². The molecule has 0 aliphatic rings. The summed E-state index contributed by atoms with van der Waals surface area (Å²) >= 11 is 6.09. The molecule has 0 unspecified atom stereocenters. The second kappa shape index (κ2) is 10.1. The van der Waals surface area contributed by atoms with Crippen molar-refractivity contribution in [3.05, 3.63) is 119 Å². The lowest BCUT2D eigenvalue weighted by Gasteiger charge is -2.11. The van der Waals surface area contributed by atoms with Crippen molar-refractivity contribution in [2.45, 2.75) is 13.8 Å². The van der Waals surface area contributed by atoms with Crippen LogP contribution in [0.25, 0.3) is 17.1 Å². The smallest absolute Gasteiger partial charge is 0.295 e. The Morgan fingerprint density at radius 1 is 0.833 bits per heavy atom. The Hall–Kier alpha value is -4.42. The van der Waals surface area contributed by atoms with Gasteiger partial charge in [0, 0.05) is 16.3 Å². The number of anilines is 1. The molecule has 0 fully saturated rings. The number of para-hydroxylation sites is 1. The number of hydrogen-bond donors (Lipinski definition) is 1. The largest absolute Gasteiger partial charge is 0.457 e. The third-order valence-corrected chi connectivity index (χ3v) is 6.06. The van der Waals surface area contributed by atoms with Crippen molar-refractivity contribution >= 4 is 23.2 Å². The molecule has 1 N–H and O–H groups in total. The number of amides is 1. The summed E-state index contributed by atoms with van der Waals surface area (Å²) in [5.74, 6) is 1.61. The van der Waals surface area contributed by atoms with Gasteiger partial charge < -0.3 is 10.1 Å².